The van der Waals surface area contributed by atoms with Gasteiger partial charge < -0.3 is 24.8 Å². The molecule has 0 saturated carbocycles. The van der Waals surface area contributed by atoms with Crippen molar-refractivity contribution < 1.29 is 29.6 Å². The molecule has 0 fully saturated rings. The van der Waals surface area contributed by atoms with Crippen LogP contribution in [0.15, 0.2) is 12.7 Å². The number of hydrogen-bond acceptors (Lipinski definition) is 6. The van der Waals surface area contributed by atoms with Gasteiger partial charge in [0.25, 0.3) is 5.79 Å². The molecule has 1 atom stereocenters. The molecule has 0 aliphatic rings. The van der Waals surface area contributed by atoms with E-state index in [2.05, 4.69) is 11.3 Å². The zero-order chi connectivity index (χ0) is 12.8. The molecule has 0 heterocycles. The summed E-state index contributed by atoms with van der Waals surface area (Å²) in [6, 6.07) is 0. The molecule has 0 radical (unpaired) electrons. The van der Waals surface area contributed by atoms with Gasteiger partial charge in [-0.2, -0.15) is 0 Å². The fraction of sp³-hybridized carbons (Fsp3) is 0.700. The van der Waals surface area contributed by atoms with E-state index in [-0.39, 0.29) is 13.0 Å². The van der Waals surface area contributed by atoms with E-state index in [0.29, 0.717) is 6.42 Å². The summed E-state index contributed by atoms with van der Waals surface area (Å²) < 4.78 is 9.70. The predicted molar refractivity (Wildman–Crippen MR) is 54.9 cm³/mol. The molecule has 0 rings (SSSR count). The Morgan fingerprint density at radius 3 is 2.25 bits per heavy atom. The Labute approximate surface area is 94.1 Å². The SMILES string of the molecule is C=CC(=O)OC(CC)(OCCC)C(O)(O)O. The third-order valence-corrected chi connectivity index (χ3v) is 1.95. The van der Waals surface area contributed by atoms with Crippen LogP contribution in [0.2, 0.25) is 0 Å². The van der Waals surface area contributed by atoms with Gasteiger partial charge in [0.2, 0.25) is 0 Å². The molecule has 6 nitrogen and oxygen atoms in total. The summed E-state index contributed by atoms with van der Waals surface area (Å²) in [6.07, 6.45) is 1.27. The molecular formula is C10H18O6. The number of carbonyl (C=O) groups is 1. The third-order valence-electron chi connectivity index (χ3n) is 1.95. The monoisotopic (exact) mass is 234 g/mol. The van der Waals surface area contributed by atoms with Crippen LogP contribution in [0.4, 0.5) is 0 Å². The maximum Gasteiger partial charge on any atom is 0.345 e. The van der Waals surface area contributed by atoms with E-state index in [1.165, 1.54) is 6.92 Å². The molecule has 3 N–H and O–H groups in total. The van der Waals surface area contributed by atoms with Crippen LogP contribution in [0.25, 0.3) is 0 Å². The Morgan fingerprint density at radius 2 is 1.94 bits per heavy atom. The maximum atomic E-state index is 11.0. The summed E-state index contributed by atoms with van der Waals surface area (Å²) in [5.41, 5.74) is 0. The number of esters is 1. The van der Waals surface area contributed by atoms with Gasteiger partial charge in [-0.15, -0.1) is 0 Å². The van der Waals surface area contributed by atoms with Crippen molar-refractivity contribution >= 4 is 5.97 Å². The summed E-state index contributed by atoms with van der Waals surface area (Å²) in [6.45, 7) is 6.52. The highest BCUT2D eigenvalue weighted by Crippen LogP contribution is 2.28. The van der Waals surface area contributed by atoms with E-state index >= 15 is 0 Å². The van der Waals surface area contributed by atoms with Gasteiger partial charge in [0.1, 0.15) is 0 Å². The first-order chi connectivity index (χ1) is 7.33. The van der Waals surface area contributed by atoms with Crippen LogP contribution < -0.4 is 0 Å². The van der Waals surface area contributed by atoms with Gasteiger partial charge in [0, 0.05) is 12.5 Å². The number of ether oxygens (including phenoxy) is 2. The Kier molecular flexibility index (Phi) is 5.60. The van der Waals surface area contributed by atoms with Crippen LogP contribution in [-0.2, 0) is 14.3 Å². The first-order valence-corrected chi connectivity index (χ1v) is 4.99. The summed E-state index contributed by atoms with van der Waals surface area (Å²) in [5.74, 6) is -6.39. The summed E-state index contributed by atoms with van der Waals surface area (Å²) >= 11 is 0. The van der Waals surface area contributed by atoms with Gasteiger partial charge in [0.05, 0.1) is 6.61 Å². The van der Waals surface area contributed by atoms with Crippen molar-refractivity contribution in [3.63, 3.8) is 0 Å². The molecule has 0 aromatic heterocycles. The number of aliphatic hydroxyl groups is 3. The second-order valence-electron chi connectivity index (χ2n) is 3.22. The van der Waals surface area contributed by atoms with Crippen molar-refractivity contribution in [1.82, 2.24) is 0 Å². The van der Waals surface area contributed by atoms with Crippen molar-refractivity contribution in [2.45, 2.75) is 38.4 Å². The first-order valence-electron chi connectivity index (χ1n) is 4.99. The molecule has 0 aromatic rings. The number of rotatable bonds is 7. The van der Waals surface area contributed by atoms with Gasteiger partial charge in [-0.3, -0.25) is 0 Å². The fourth-order valence-electron chi connectivity index (χ4n) is 1.08. The van der Waals surface area contributed by atoms with Crippen molar-refractivity contribution in [2.75, 3.05) is 6.61 Å². The zero-order valence-corrected chi connectivity index (χ0v) is 9.47. The van der Waals surface area contributed by atoms with Crippen LogP contribution in [0.1, 0.15) is 26.7 Å². The average Bonchev–Trinajstić information content (AvgIpc) is 2.22. The van der Waals surface area contributed by atoms with Crippen LogP contribution in [0, 0.1) is 0 Å². The molecule has 0 saturated heterocycles. The quantitative estimate of drug-likeness (QED) is 0.323. The topological polar surface area (TPSA) is 96.2 Å². The third kappa shape index (κ3) is 3.57. The van der Waals surface area contributed by atoms with E-state index in [9.17, 15) is 20.1 Å². The van der Waals surface area contributed by atoms with Crippen LogP contribution in [-0.4, -0.2) is 39.7 Å². The number of hydrogen-bond donors (Lipinski definition) is 3. The smallest absolute Gasteiger partial charge is 0.345 e. The lowest BCUT2D eigenvalue weighted by molar-refractivity contribution is -0.454. The lowest BCUT2D eigenvalue weighted by Gasteiger charge is -2.37. The Hall–Kier alpha value is -0.950. The van der Waals surface area contributed by atoms with Crippen LogP contribution in [0.5, 0.6) is 0 Å². The molecule has 0 aromatic carbocycles. The summed E-state index contributed by atoms with van der Waals surface area (Å²) in [5, 5.41) is 27.5. The van der Waals surface area contributed by atoms with Gasteiger partial charge in [-0.25, -0.2) is 4.79 Å². The molecule has 1 unspecified atom stereocenters. The van der Waals surface area contributed by atoms with Crippen LogP contribution >= 0.6 is 0 Å². The predicted octanol–water partition coefficient (Wildman–Crippen LogP) is -0.121. The highest BCUT2D eigenvalue weighted by Gasteiger charge is 2.52. The van der Waals surface area contributed by atoms with Crippen molar-refractivity contribution in [1.29, 1.82) is 0 Å². The Bertz CT molecular complexity index is 244. The molecular weight excluding hydrogens is 216 g/mol. The normalized spacial score (nSPS) is 15.3. The van der Waals surface area contributed by atoms with Gasteiger partial charge in [-0.1, -0.05) is 20.4 Å². The molecule has 0 spiro atoms. The van der Waals surface area contributed by atoms with Gasteiger partial charge in [-0.05, 0) is 6.42 Å². The van der Waals surface area contributed by atoms with E-state index in [0.717, 1.165) is 6.08 Å². The van der Waals surface area contributed by atoms with Crippen molar-refractivity contribution in [2.24, 2.45) is 0 Å². The highest BCUT2D eigenvalue weighted by atomic mass is 16.8. The maximum absolute atomic E-state index is 11.0. The lowest BCUT2D eigenvalue weighted by atomic mass is 10.1. The Morgan fingerprint density at radius 1 is 1.38 bits per heavy atom. The first kappa shape index (κ1) is 15.0. The van der Waals surface area contributed by atoms with Gasteiger partial charge >= 0.3 is 11.9 Å². The molecule has 0 bridgehead atoms. The van der Waals surface area contributed by atoms with E-state index in [1.54, 1.807) is 6.92 Å². The summed E-state index contributed by atoms with van der Waals surface area (Å²) in [4.78, 5) is 11.0. The van der Waals surface area contributed by atoms with E-state index in [4.69, 9.17) is 4.74 Å². The molecule has 94 valence electrons. The molecule has 0 aliphatic heterocycles. The van der Waals surface area contributed by atoms with Gasteiger partial charge in [0.15, 0.2) is 0 Å². The molecule has 6 heteroatoms. The fourth-order valence-corrected chi connectivity index (χ4v) is 1.08. The molecule has 0 amide bonds. The summed E-state index contributed by atoms with van der Waals surface area (Å²) in [7, 11) is 0. The van der Waals surface area contributed by atoms with E-state index < -0.39 is 17.7 Å². The standard InChI is InChI=1S/C10H18O6/c1-4-7-15-9(6-3,10(12,13)14)16-8(11)5-2/h5,12-14H,2,4,6-7H2,1,3H3. The minimum atomic E-state index is -3.27. The average molecular weight is 234 g/mol. The lowest BCUT2D eigenvalue weighted by Crippen LogP contribution is -2.58. The largest absolute Gasteiger partial charge is 0.421 e. The number of carbonyl (C=O) groups excluding carboxylic acids is 1. The van der Waals surface area contributed by atoms with Crippen LogP contribution in [0.3, 0.4) is 0 Å². The van der Waals surface area contributed by atoms with Crippen molar-refractivity contribution in [3.8, 4) is 0 Å². The minimum Gasteiger partial charge on any atom is -0.421 e. The zero-order valence-electron chi connectivity index (χ0n) is 9.47. The minimum absolute atomic E-state index is 0.0989. The highest BCUT2D eigenvalue weighted by molar-refractivity contribution is 5.81. The molecule has 0 aliphatic carbocycles. The van der Waals surface area contributed by atoms with E-state index in [1.807, 2.05) is 0 Å². The molecule has 16 heavy (non-hydrogen) atoms. The second-order valence-corrected chi connectivity index (χ2v) is 3.22. The Balaban J connectivity index is 4.95. The van der Waals surface area contributed by atoms with Crippen molar-refractivity contribution in [3.05, 3.63) is 12.7 Å². The second kappa shape index (κ2) is 5.95.